The van der Waals surface area contributed by atoms with E-state index in [0.29, 0.717) is 5.56 Å². The van der Waals surface area contributed by atoms with Gasteiger partial charge in [-0.25, -0.2) is 16.8 Å². The SMILES string of the molecule is CC(CS(C)(=O)=O)S(=O)(=O)Cc1ccccc1. The van der Waals surface area contributed by atoms with Gasteiger partial charge in [-0.15, -0.1) is 0 Å². The van der Waals surface area contributed by atoms with E-state index in [0.717, 1.165) is 6.26 Å². The minimum atomic E-state index is -3.43. The molecular weight excluding hydrogens is 260 g/mol. The Hall–Kier alpha value is -0.880. The first-order valence-electron chi connectivity index (χ1n) is 5.14. The van der Waals surface area contributed by atoms with Crippen LogP contribution in [-0.4, -0.2) is 34.1 Å². The molecule has 0 aliphatic carbocycles. The summed E-state index contributed by atoms with van der Waals surface area (Å²) in [4.78, 5) is 0. The van der Waals surface area contributed by atoms with E-state index in [1.54, 1.807) is 30.3 Å². The van der Waals surface area contributed by atoms with E-state index in [-0.39, 0.29) is 11.5 Å². The highest BCUT2D eigenvalue weighted by atomic mass is 32.2. The summed E-state index contributed by atoms with van der Waals surface area (Å²) in [6.45, 7) is 1.43. The summed E-state index contributed by atoms with van der Waals surface area (Å²) in [6.07, 6.45) is 1.04. The lowest BCUT2D eigenvalue weighted by Crippen LogP contribution is -2.27. The van der Waals surface area contributed by atoms with Crippen molar-refractivity contribution in [1.82, 2.24) is 0 Å². The molecule has 17 heavy (non-hydrogen) atoms. The maximum Gasteiger partial charge on any atom is 0.158 e. The fourth-order valence-corrected chi connectivity index (χ4v) is 4.84. The summed E-state index contributed by atoms with van der Waals surface area (Å²) in [5, 5.41) is -0.877. The van der Waals surface area contributed by atoms with Gasteiger partial charge in [0.15, 0.2) is 9.84 Å². The van der Waals surface area contributed by atoms with E-state index in [4.69, 9.17) is 0 Å². The number of hydrogen-bond acceptors (Lipinski definition) is 4. The maximum absolute atomic E-state index is 11.9. The molecule has 6 heteroatoms. The molecule has 0 saturated carbocycles. The summed E-state index contributed by atoms with van der Waals surface area (Å²) in [5.74, 6) is -0.452. The van der Waals surface area contributed by atoms with E-state index in [9.17, 15) is 16.8 Å². The van der Waals surface area contributed by atoms with Gasteiger partial charge in [-0.3, -0.25) is 0 Å². The van der Waals surface area contributed by atoms with Crippen molar-refractivity contribution in [3.8, 4) is 0 Å². The zero-order valence-corrected chi connectivity index (χ0v) is 11.5. The molecule has 4 nitrogen and oxygen atoms in total. The van der Waals surface area contributed by atoms with Gasteiger partial charge in [0, 0.05) is 6.26 Å². The predicted molar refractivity (Wildman–Crippen MR) is 68.2 cm³/mol. The quantitative estimate of drug-likeness (QED) is 0.805. The largest absolute Gasteiger partial charge is 0.229 e. The van der Waals surface area contributed by atoms with Crippen LogP contribution >= 0.6 is 0 Å². The Labute approximate surface area is 103 Å². The number of hydrogen-bond donors (Lipinski definition) is 0. The van der Waals surface area contributed by atoms with Crippen LogP contribution in [0.2, 0.25) is 0 Å². The number of rotatable bonds is 5. The molecule has 1 aromatic carbocycles. The molecule has 0 fully saturated rings. The van der Waals surface area contributed by atoms with Crippen molar-refractivity contribution in [2.75, 3.05) is 12.0 Å². The number of benzene rings is 1. The molecule has 1 unspecified atom stereocenters. The van der Waals surface area contributed by atoms with Crippen molar-refractivity contribution < 1.29 is 16.8 Å². The smallest absolute Gasteiger partial charge is 0.158 e. The second kappa shape index (κ2) is 5.18. The van der Waals surface area contributed by atoms with Crippen LogP contribution in [0.4, 0.5) is 0 Å². The Morgan fingerprint density at radius 1 is 1.06 bits per heavy atom. The van der Waals surface area contributed by atoms with Crippen molar-refractivity contribution >= 4 is 19.7 Å². The molecule has 0 aliphatic rings. The van der Waals surface area contributed by atoms with Crippen LogP contribution in [-0.2, 0) is 25.4 Å². The van der Waals surface area contributed by atoms with Gasteiger partial charge in [0.1, 0.15) is 9.84 Å². The zero-order valence-electron chi connectivity index (χ0n) is 9.83. The second-order valence-corrected chi connectivity index (χ2v) is 8.80. The minimum Gasteiger partial charge on any atom is -0.229 e. The van der Waals surface area contributed by atoms with Gasteiger partial charge in [-0.05, 0) is 12.5 Å². The fourth-order valence-electron chi connectivity index (χ4n) is 1.48. The van der Waals surface area contributed by atoms with E-state index >= 15 is 0 Å². The standard InChI is InChI=1S/C11H16O4S2/c1-10(8-16(2,12)13)17(14,15)9-11-6-4-3-5-7-11/h3-7,10H,8-9H2,1-2H3. The summed E-state index contributed by atoms with van der Waals surface area (Å²) < 4.78 is 46.0. The third-order valence-electron chi connectivity index (χ3n) is 2.36. The van der Waals surface area contributed by atoms with Crippen LogP contribution in [0, 0.1) is 0 Å². The van der Waals surface area contributed by atoms with Crippen molar-refractivity contribution in [3.05, 3.63) is 35.9 Å². The van der Waals surface area contributed by atoms with Crippen molar-refractivity contribution in [3.63, 3.8) is 0 Å². The predicted octanol–water partition coefficient (Wildman–Crippen LogP) is 1.03. The van der Waals surface area contributed by atoms with E-state index in [1.165, 1.54) is 6.92 Å². The van der Waals surface area contributed by atoms with Gasteiger partial charge in [-0.2, -0.15) is 0 Å². The summed E-state index contributed by atoms with van der Waals surface area (Å²) in [5.41, 5.74) is 0.674. The Morgan fingerprint density at radius 3 is 2.06 bits per heavy atom. The molecule has 0 bridgehead atoms. The molecule has 0 radical (unpaired) electrons. The summed E-state index contributed by atoms with van der Waals surface area (Å²) in [7, 11) is -6.70. The lowest BCUT2D eigenvalue weighted by molar-refractivity contribution is 0.578. The Kier molecular flexibility index (Phi) is 4.32. The van der Waals surface area contributed by atoms with Crippen molar-refractivity contribution in [1.29, 1.82) is 0 Å². The van der Waals surface area contributed by atoms with Crippen LogP contribution in [0.15, 0.2) is 30.3 Å². The highest BCUT2D eigenvalue weighted by molar-refractivity contribution is 7.94. The topological polar surface area (TPSA) is 68.3 Å². The van der Waals surface area contributed by atoms with Crippen LogP contribution < -0.4 is 0 Å². The van der Waals surface area contributed by atoms with Gasteiger partial charge >= 0.3 is 0 Å². The first-order valence-corrected chi connectivity index (χ1v) is 8.91. The molecule has 1 aromatic rings. The Morgan fingerprint density at radius 2 is 1.59 bits per heavy atom. The molecule has 0 aromatic heterocycles. The molecular formula is C11H16O4S2. The summed E-state index contributed by atoms with van der Waals surface area (Å²) in [6, 6.07) is 8.74. The van der Waals surface area contributed by atoms with Gasteiger partial charge in [0.05, 0.1) is 16.8 Å². The second-order valence-electron chi connectivity index (χ2n) is 4.20. The highest BCUT2D eigenvalue weighted by Crippen LogP contribution is 2.12. The molecule has 0 heterocycles. The molecule has 0 spiro atoms. The third kappa shape index (κ3) is 4.87. The molecule has 0 N–H and O–H groups in total. The Balaban J connectivity index is 2.83. The average Bonchev–Trinajstić information content (AvgIpc) is 2.15. The van der Waals surface area contributed by atoms with Crippen LogP contribution in [0.5, 0.6) is 0 Å². The molecule has 96 valence electrons. The zero-order chi connectivity index (χ0) is 13.1. The molecule has 0 saturated heterocycles. The first-order chi connectivity index (χ1) is 7.71. The normalized spacial score (nSPS) is 14.5. The van der Waals surface area contributed by atoms with Crippen LogP contribution in [0.3, 0.4) is 0 Å². The van der Waals surface area contributed by atoms with Gasteiger partial charge in [0.2, 0.25) is 0 Å². The highest BCUT2D eigenvalue weighted by Gasteiger charge is 2.24. The minimum absolute atomic E-state index is 0.121. The van der Waals surface area contributed by atoms with Gasteiger partial charge in [0.25, 0.3) is 0 Å². The summed E-state index contributed by atoms with van der Waals surface area (Å²) >= 11 is 0. The van der Waals surface area contributed by atoms with Crippen LogP contribution in [0.25, 0.3) is 0 Å². The lowest BCUT2D eigenvalue weighted by Gasteiger charge is -2.11. The Bertz CT molecular complexity index is 559. The third-order valence-corrected chi connectivity index (χ3v) is 5.81. The fraction of sp³-hybridized carbons (Fsp3) is 0.455. The lowest BCUT2D eigenvalue weighted by atomic mass is 10.2. The first kappa shape index (κ1) is 14.2. The molecule has 1 rings (SSSR count). The van der Waals surface area contributed by atoms with Crippen molar-refractivity contribution in [2.45, 2.75) is 17.9 Å². The maximum atomic E-state index is 11.9. The van der Waals surface area contributed by atoms with Gasteiger partial charge < -0.3 is 0 Å². The molecule has 1 atom stereocenters. The number of sulfone groups is 2. The van der Waals surface area contributed by atoms with Gasteiger partial charge in [-0.1, -0.05) is 30.3 Å². The molecule has 0 aliphatic heterocycles. The average molecular weight is 276 g/mol. The molecule has 0 amide bonds. The van der Waals surface area contributed by atoms with E-state index in [2.05, 4.69) is 0 Å². The van der Waals surface area contributed by atoms with E-state index in [1.807, 2.05) is 0 Å². The van der Waals surface area contributed by atoms with Crippen molar-refractivity contribution in [2.24, 2.45) is 0 Å². The van der Waals surface area contributed by atoms with E-state index < -0.39 is 24.9 Å². The monoisotopic (exact) mass is 276 g/mol. The van der Waals surface area contributed by atoms with Crippen LogP contribution in [0.1, 0.15) is 12.5 Å².